The Morgan fingerprint density at radius 2 is 1.13 bits per heavy atom. The number of aromatic amines is 2. The summed E-state index contributed by atoms with van der Waals surface area (Å²) in [7, 11) is 0. The Morgan fingerprint density at radius 1 is 0.652 bits per heavy atom. The first-order valence-electron chi connectivity index (χ1n) is 14.9. The van der Waals surface area contributed by atoms with E-state index in [2.05, 4.69) is 19.9 Å². The van der Waals surface area contributed by atoms with Crippen LogP contribution in [0.2, 0.25) is 0 Å². The van der Waals surface area contributed by atoms with Gasteiger partial charge in [-0.05, 0) is 74.5 Å². The molecule has 7 rings (SSSR count). The lowest BCUT2D eigenvalue weighted by Crippen LogP contribution is -2.12. The quantitative estimate of drug-likeness (QED) is 0.201. The molecule has 5 aromatic heterocycles. The molecule has 2 aliphatic rings. The number of hydrogen-bond acceptors (Lipinski definition) is 8. The number of pyridine rings is 2. The zero-order valence-corrected chi connectivity index (χ0v) is 25.1. The number of ether oxygens (including phenoxy) is 2. The van der Waals surface area contributed by atoms with Crippen LogP contribution in [0.4, 0.5) is 0 Å². The van der Waals surface area contributed by atoms with Crippen LogP contribution in [0, 0.1) is 0 Å². The molecule has 0 atom stereocenters. The largest absolute Gasteiger partial charge is 0.462 e. The maximum Gasteiger partial charge on any atom is 0.341 e. The third-order valence-electron chi connectivity index (χ3n) is 7.56. The van der Waals surface area contributed by atoms with E-state index in [1.54, 1.807) is 50.8 Å². The second kappa shape index (κ2) is 12.1. The van der Waals surface area contributed by atoms with E-state index in [0.29, 0.717) is 11.0 Å². The van der Waals surface area contributed by atoms with Gasteiger partial charge in [0.25, 0.3) is 0 Å². The van der Waals surface area contributed by atoms with Gasteiger partial charge < -0.3 is 19.4 Å². The summed E-state index contributed by atoms with van der Waals surface area (Å²) < 4.78 is 10.8. The van der Waals surface area contributed by atoms with Crippen molar-refractivity contribution in [1.82, 2.24) is 29.9 Å². The van der Waals surface area contributed by atoms with Crippen LogP contribution in [0.15, 0.2) is 85.5 Å². The lowest BCUT2D eigenvalue weighted by atomic mass is 10.1. The van der Waals surface area contributed by atoms with Crippen molar-refractivity contribution < 1.29 is 19.1 Å². The van der Waals surface area contributed by atoms with Gasteiger partial charge >= 0.3 is 11.9 Å². The molecule has 2 aliphatic heterocycles. The number of fused-ring (bicyclic) bond motifs is 8. The molecule has 226 valence electrons. The second-order valence-corrected chi connectivity index (χ2v) is 10.5. The number of aromatic nitrogens is 6. The standard InChI is InChI=1S/C36H28N6O4/c1-3-45-35(43)33-29-17-23-9-11-25(39-23)31(21-7-5-15-37-19-21)27-13-14-28(41-27)32(22-8-6-16-38-20-22)26-12-10-24(40-26)18-30(42-29)34(33)36(44)46-4-2/h5-20,39-40H,3-4H2,1-2H3. The highest BCUT2D eigenvalue weighted by atomic mass is 16.5. The van der Waals surface area contributed by atoms with E-state index in [0.717, 1.165) is 44.7 Å². The van der Waals surface area contributed by atoms with Crippen LogP contribution < -0.4 is 0 Å². The van der Waals surface area contributed by atoms with Crippen LogP contribution in [-0.4, -0.2) is 55.1 Å². The predicted molar refractivity (Wildman–Crippen MR) is 176 cm³/mol. The van der Waals surface area contributed by atoms with Gasteiger partial charge in [-0.1, -0.05) is 12.1 Å². The van der Waals surface area contributed by atoms with Gasteiger partial charge in [0.15, 0.2) is 0 Å². The average Bonchev–Trinajstić information content (AvgIpc) is 3.88. The Kier molecular flexibility index (Phi) is 7.51. The van der Waals surface area contributed by atoms with E-state index in [1.807, 2.05) is 60.7 Å². The van der Waals surface area contributed by atoms with Crippen molar-refractivity contribution >= 4 is 57.3 Å². The van der Waals surface area contributed by atoms with Gasteiger partial charge in [0.05, 0.1) is 36.0 Å². The van der Waals surface area contributed by atoms with E-state index < -0.39 is 11.9 Å². The molecule has 0 radical (unpaired) electrons. The normalized spacial score (nSPS) is 12.3. The zero-order valence-electron chi connectivity index (χ0n) is 25.1. The second-order valence-electron chi connectivity index (χ2n) is 10.5. The average molecular weight is 609 g/mol. The summed E-state index contributed by atoms with van der Waals surface area (Å²) >= 11 is 0. The molecule has 10 nitrogen and oxygen atoms in total. The molecule has 0 unspecified atom stereocenters. The summed E-state index contributed by atoms with van der Waals surface area (Å²) in [6, 6.07) is 18.8. The smallest absolute Gasteiger partial charge is 0.341 e. The Morgan fingerprint density at radius 3 is 1.54 bits per heavy atom. The van der Waals surface area contributed by atoms with Crippen LogP contribution in [0.3, 0.4) is 0 Å². The summed E-state index contributed by atoms with van der Waals surface area (Å²) in [5.41, 5.74) is 8.41. The van der Waals surface area contributed by atoms with Gasteiger partial charge in [0.1, 0.15) is 11.1 Å². The molecule has 2 N–H and O–H groups in total. The molecule has 0 fully saturated rings. The fourth-order valence-corrected chi connectivity index (χ4v) is 5.65. The lowest BCUT2D eigenvalue weighted by molar-refractivity contribution is -0.138. The molecule has 0 spiro atoms. The predicted octanol–water partition coefficient (Wildman–Crippen LogP) is 6.65. The molecule has 5 aromatic rings. The molecule has 0 aliphatic carbocycles. The number of esters is 2. The molecule has 10 heteroatoms. The Balaban J connectivity index is 1.63. The van der Waals surface area contributed by atoms with Crippen molar-refractivity contribution in [2.75, 3.05) is 13.2 Å². The van der Waals surface area contributed by atoms with Gasteiger partial charge in [0.2, 0.25) is 0 Å². The minimum Gasteiger partial charge on any atom is -0.462 e. The Hall–Kier alpha value is -6.16. The van der Waals surface area contributed by atoms with E-state index in [-0.39, 0.29) is 35.7 Å². The SMILES string of the molecule is CCOC(=O)C1=C(C(=O)OCC)c2cc3ccc([nH]3)c(-c3cccnc3)c3nc(c(-c4cccnc4)c4ccc(cc1n2)[nH]4)C=C3. The third kappa shape index (κ3) is 5.26. The molecular formula is C36H28N6O4. The highest BCUT2D eigenvalue weighted by Crippen LogP contribution is 2.36. The summed E-state index contributed by atoms with van der Waals surface area (Å²) in [6.07, 6.45) is 11.0. The van der Waals surface area contributed by atoms with Crippen LogP contribution in [0.25, 0.3) is 67.6 Å². The van der Waals surface area contributed by atoms with E-state index >= 15 is 0 Å². The van der Waals surface area contributed by atoms with Crippen molar-refractivity contribution in [3.8, 4) is 22.3 Å². The Bertz CT molecular complexity index is 2060. The topological polar surface area (TPSA) is 136 Å². The minimum absolute atomic E-state index is 0.0415. The maximum atomic E-state index is 13.4. The number of nitrogens with one attached hydrogen (secondary N) is 2. The summed E-state index contributed by atoms with van der Waals surface area (Å²) in [5, 5.41) is 0. The molecule has 0 saturated heterocycles. The number of H-pyrrole nitrogens is 2. The fourth-order valence-electron chi connectivity index (χ4n) is 5.65. The van der Waals surface area contributed by atoms with E-state index in [4.69, 9.17) is 19.4 Å². The van der Waals surface area contributed by atoms with Crippen molar-refractivity contribution in [2.45, 2.75) is 13.8 Å². The molecule has 46 heavy (non-hydrogen) atoms. The van der Waals surface area contributed by atoms with Crippen LogP contribution >= 0.6 is 0 Å². The van der Waals surface area contributed by atoms with Crippen molar-refractivity contribution in [3.63, 3.8) is 0 Å². The first-order chi connectivity index (χ1) is 22.5. The van der Waals surface area contributed by atoms with Crippen molar-refractivity contribution in [2.24, 2.45) is 0 Å². The molecule has 0 aromatic carbocycles. The lowest BCUT2D eigenvalue weighted by Gasteiger charge is -2.07. The maximum absolute atomic E-state index is 13.4. The summed E-state index contributed by atoms with van der Waals surface area (Å²) in [6.45, 7) is 3.68. The highest BCUT2D eigenvalue weighted by Gasteiger charge is 2.32. The molecular weight excluding hydrogens is 580 g/mol. The van der Waals surface area contributed by atoms with Crippen LogP contribution in [0.5, 0.6) is 0 Å². The van der Waals surface area contributed by atoms with Gasteiger partial charge in [0, 0.05) is 69.1 Å². The van der Waals surface area contributed by atoms with Gasteiger partial charge in [-0.2, -0.15) is 0 Å². The van der Waals surface area contributed by atoms with Crippen molar-refractivity contribution in [1.29, 1.82) is 0 Å². The minimum atomic E-state index is -0.663. The monoisotopic (exact) mass is 608 g/mol. The highest BCUT2D eigenvalue weighted by molar-refractivity contribution is 6.38. The number of nitrogens with zero attached hydrogens (tertiary/aromatic N) is 4. The molecule has 0 saturated carbocycles. The summed E-state index contributed by atoms with van der Waals surface area (Å²) in [4.78, 5) is 52.3. The first kappa shape index (κ1) is 28.6. The molecule has 7 heterocycles. The van der Waals surface area contributed by atoms with Gasteiger partial charge in [-0.25, -0.2) is 19.6 Å². The Labute approximate surface area is 263 Å². The van der Waals surface area contributed by atoms with E-state index in [1.165, 1.54) is 0 Å². The van der Waals surface area contributed by atoms with E-state index in [9.17, 15) is 9.59 Å². The van der Waals surface area contributed by atoms with Gasteiger partial charge in [-0.3, -0.25) is 9.97 Å². The van der Waals surface area contributed by atoms with Crippen LogP contribution in [-0.2, 0) is 19.1 Å². The number of hydrogen-bond donors (Lipinski definition) is 2. The number of rotatable bonds is 6. The number of carbonyl (C=O) groups excluding carboxylic acids is 2. The fraction of sp³-hybridized carbons (Fsp3) is 0.111. The molecule has 0 amide bonds. The zero-order chi connectivity index (χ0) is 31.6. The first-order valence-corrected chi connectivity index (χ1v) is 14.9. The van der Waals surface area contributed by atoms with Gasteiger partial charge in [-0.15, -0.1) is 0 Å². The van der Waals surface area contributed by atoms with Crippen LogP contribution in [0.1, 0.15) is 36.6 Å². The van der Waals surface area contributed by atoms with Crippen molar-refractivity contribution in [3.05, 3.63) is 108 Å². The number of carbonyl (C=O) groups is 2. The third-order valence-corrected chi connectivity index (χ3v) is 7.56. The summed E-state index contributed by atoms with van der Waals surface area (Å²) in [5.74, 6) is -1.33. The molecule has 8 bridgehead atoms.